The summed E-state index contributed by atoms with van der Waals surface area (Å²) in [6.07, 6.45) is 3.64. The number of aryl methyl sites for hydroxylation is 1. The maximum Gasteiger partial charge on any atom is 0.341 e. The lowest BCUT2D eigenvalue weighted by Crippen LogP contribution is -2.35. The lowest BCUT2D eigenvalue weighted by molar-refractivity contribution is -0.384. The highest BCUT2D eigenvalue weighted by Gasteiger charge is 2.26. The minimum Gasteiger partial charge on any atom is -0.462 e. The van der Waals surface area contributed by atoms with Crippen molar-refractivity contribution in [1.82, 2.24) is 0 Å². The zero-order valence-corrected chi connectivity index (χ0v) is 21.9. The molecule has 1 aliphatic heterocycles. The van der Waals surface area contributed by atoms with Gasteiger partial charge in [0, 0.05) is 30.1 Å². The van der Waals surface area contributed by atoms with E-state index in [-0.39, 0.29) is 17.9 Å². The molecule has 4 rings (SSSR count). The molecule has 37 heavy (non-hydrogen) atoms. The van der Waals surface area contributed by atoms with Crippen LogP contribution in [-0.4, -0.2) is 36.5 Å². The van der Waals surface area contributed by atoms with Crippen molar-refractivity contribution in [1.29, 1.82) is 0 Å². The van der Waals surface area contributed by atoms with Crippen LogP contribution in [0.4, 0.5) is 16.4 Å². The summed E-state index contributed by atoms with van der Waals surface area (Å²) in [5.74, 6) is -0.451. The van der Waals surface area contributed by atoms with Gasteiger partial charge < -0.3 is 15.0 Å². The zero-order chi connectivity index (χ0) is 26.4. The molecule has 1 aliphatic rings. The van der Waals surface area contributed by atoms with Crippen LogP contribution < -0.4 is 10.2 Å². The van der Waals surface area contributed by atoms with Gasteiger partial charge in [-0.1, -0.05) is 37.3 Å². The van der Waals surface area contributed by atoms with Gasteiger partial charge in [-0.05, 0) is 56.2 Å². The van der Waals surface area contributed by atoms with Crippen molar-refractivity contribution in [2.45, 2.75) is 39.5 Å². The number of nitro benzene ring substituents is 1. The molecular weight excluding hydrogens is 490 g/mol. The summed E-state index contributed by atoms with van der Waals surface area (Å²) in [5, 5.41) is 14.7. The van der Waals surface area contributed by atoms with Crippen LogP contribution in [0.15, 0.2) is 54.6 Å². The number of piperidine rings is 1. The SMILES string of the molecule is CCOC(=O)c1cc(CC)sc1NC(=O)c1cc([N+](=O)[O-])ccc1N1CCC(Cc2ccccc2)CC1. The van der Waals surface area contributed by atoms with Gasteiger partial charge in [0.2, 0.25) is 0 Å². The Morgan fingerprint density at radius 1 is 1.08 bits per heavy atom. The topological polar surface area (TPSA) is 102 Å². The van der Waals surface area contributed by atoms with Crippen LogP contribution >= 0.6 is 11.3 Å². The number of esters is 1. The maximum absolute atomic E-state index is 13.5. The maximum atomic E-state index is 13.5. The van der Waals surface area contributed by atoms with E-state index < -0.39 is 16.8 Å². The van der Waals surface area contributed by atoms with Crippen LogP contribution in [0.25, 0.3) is 0 Å². The van der Waals surface area contributed by atoms with Crippen molar-refractivity contribution >= 4 is 39.6 Å². The first kappa shape index (κ1) is 26.3. The number of ether oxygens (including phenoxy) is 1. The predicted octanol–water partition coefficient (Wildman–Crippen LogP) is 6.11. The number of hydrogen-bond acceptors (Lipinski definition) is 7. The lowest BCUT2D eigenvalue weighted by Gasteiger charge is -2.34. The summed E-state index contributed by atoms with van der Waals surface area (Å²) in [4.78, 5) is 40.0. The smallest absolute Gasteiger partial charge is 0.341 e. The van der Waals surface area contributed by atoms with Crippen LogP contribution in [0.3, 0.4) is 0 Å². The summed E-state index contributed by atoms with van der Waals surface area (Å²) in [6.45, 7) is 5.41. The van der Waals surface area contributed by atoms with Crippen molar-refractivity contribution in [3.8, 4) is 0 Å². The van der Waals surface area contributed by atoms with E-state index in [1.54, 1.807) is 19.1 Å². The Morgan fingerprint density at radius 3 is 2.46 bits per heavy atom. The van der Waals surface area contributed by atoms with Gasteiger partial charge in [0.25, 0.3) is 11.6 Å². The van der Waals surface area contributed by atoms with Gasteiger partial charge in [-0.2, -0.15) is 0 Å². The molecule has 1 N–H and O–H groups in total. The molecule has 8 nitrogen and oxygen atoms in total. The molecule has 194 valence electrons. The summed E-state index contributed by atoms with van der Waals surface area (Å²) in [5.41, 5.74) is 2.34. The molecule has 0 atom stereocenters. The van der Waals surface area contributed by atoms with Crippen LogP contribution in [0.2, 0.25) is 0 Å². The second kappa shape index (κ2) is 12.0. The molecule has 1 fully saturated rings. The first-order valence-electron chi connectivity index (χ1n) is 12.6. The molecule has 0 unspecified atom stereocenters. The molecule has 1 amide bonds. The number of anilines is 2. The molecule has 9 heteroatoms. The number of nitrogens with one attached hydrogen (secondary N) is 1. The van der Waals surface area contributed by atoms with E-state index in [2.05, 4.69) is 34.5 Å². The Morgan fingerprint density at radius 2 is 1.81 bits per heavy atom. The molecule has 2 aromatic carbocycles. The van der Waals surface area contributed by atoms with Gasteiger partial charge in [-0.15, -0.1) is 11.3 Å². The van der Waals surface area contributed by atoms with Crippen LogP contribution in [0, 0.1) is 16.0 Å². The number of thiophene rings is 1. The lowest BCUT2D eigenvalue weighted by atomic mass is 9.89. The Kier molecular flexibility index (Phi) is 8.55. The van der Waals surface area contributed by atoms with Gasteiger partial charge >= 0.3 is 5.97 Å². The number of nitro groups is 1. The second-order valence-electron chi connectivity index (χ2n) is 9.06. The molecule has 1 saturated heterocycles. The monoisotopic (exact) mass is 521 g/mol. The molecule has 0 radical (unpaired) electrons. The fourth-order valence-electron chi connectivity index (χ4n) is 4.66. The molecular formula is C28H31N3O5S. The number of benzene rings is 2. The average molecular weight is 522 g/mol. The average Bonchev–Trinajstić information content (AvgIpc) is 3.32. The fraction of sp³-hybridized carbons (Fsp3) is 0.357. The van der Waals surface area contributed by atoms with E-state index in [0.29, 0.717) is 28.6 Å². The molecule has 3 aromatic rings. The van der Waals surface area contributed by atoms with Crippen molar-refractivity contribution in [2.24, 2.45) is 5.92 Å². The first-order chi connectivity index (χ1) is 17.9. The van der Waals surface area contributed by atoms with Crippen LogP contribution in [0.5, 0.6) is 0 Å². The zero-order valence-electron chi connectivity index (χ0n) is 21.1. The number of carbonyl (C=O) groups excluding carboxylic acids is 2. The van der Waals surface area contributed by atoms with Crippen molar-refractivity contribution in [2.75, 3.05) is 29.9 Å². The van der Waals surface area contributed by atoms with E-state index >= 15 is 0 Å². The molecule has 1 aromatic heterocycles. The van der Waals surface area contributed by atoms with Gasteiger partial charge in [-0.3, -0.25) is 14.9 Å². The van der Waals surface area contributed by atoms with Crippen LogP contribution in [0.1, 0.15) is 57.8 Å². The minimum absolute atomic E-state index is 0.154. The van der Waals surface area contributed by atoms with E-state index in [1.807, 2.05) is 13.0 Å². The Bertz CT molecular complexity index is 1270. The third kappa shape index (κ3) is 6.35. The second-order valence-corrected chi connectivity index (χ2v) is 10.2. The Hall–Kier alpha value is -3.72. The number of amides is 1. The van der Waals surface area contributed by atoms with Gasteiger partial charge in [0.1, 0.15) is 5.00 Å². The predicted molar refractivity (Wildman–Crippen MR) is 146 cm³/mol. The van der Waals surface area contributed by atoms with Gasteiger partial charge in [-0.25, -0.2) is 4.79 Å². The van der Waals surface area contributed by atoms with E-state index in [1.165, 1.54) is 29.0 Å². The Balaban J connectivity index is 1.56. The molecule has 0 bridgehead atoms. The number of rotatable bonds is 9. The summed E-state index contributed by atoms with van der Waals surface area (Å²) in [7, 11) is 0. The third-order valence-electron chi connectivity index (χ3n) is 6.61. The largest absolute Gasteiger partial charge is 0.462 e. The summed E-state index contributed by atoms with van der Waals surface area (Å²) in [6, 6.07) is 16.5. The van der Waals surface area contributed by atoms with E-state index in [0.717, 1.165) is 37.2 Å². The number of non-ortho nitro benzene ring substituents is 1. The van der Waals surface area contributed by atoms with Crippen LogP contribution in [-0.2, 0) is 17.6 Å². The highest BCUT2D eigenvalue weighted by molar-refractivity contribution is 7.16. The number of hydrogen-bond donors (Lipinski definition) is 1. The molecule has 0 spiro atoms. The fourth-order valence-corrected chi connectivity index (χ4v) is 5.64. The normalized spacial score (nSPS) is 13.8. The van der Waals surface area contributed by atoms with E-state index in [4.69, 9.17) is 4.74 Å². The summed E-state index contributed by atoms with van der Waals surface area (Å²) < 4.78 is 5.15. The number of carbonyl (C=O) groups is 2. The van der Waals surface area contributed by atoms with E-state index in [9.17, 15) is 19.7 Å². The Labute approximate surface area is 220 Å². The molecule has 0 aliphatic carbocycles. The highest BCUT2D eigenvalue weighted by Crippen LogP contribution is 2.33. The van der Waals surface area contributed by atoms with Gasteiger partial charge in [0.15, 0.2) is 0 Å². The molecule has 2 heterocycles. The van der Waals surface area contributed by atoms with Gasteiger partial charge in [0.05, 0.1) is 28.3 Å². The third-order valence-corrected chi connectivity index (χ3v) is 7.81. The molecule has 0 saturated carbocycles. The first-order valence-corrected chi connectivity index (χ1v) is 13.4. The van der Waals surface area contributed by atoms with Crippen molar-refractivity contribution < 1.29 is 19.2 Å². The standard InChI is InChI=1S/C28H31N3O5S/c1-3-22-18-24(28(33)36-4-2)27(37-22)29-26(32)23-17-21(31(34)35)10-11-25(23)30-14-12-20(13-15-30)16-19-8-6-5-7-9-19/h5-11,17-18,20H,3-4,12-16H2,1-2H3,(H,29,32). The quantitative estimate of drug-likeness (QED) is 0.207. The van der Waals surface area contributed by atoms with Crippen molar-refractivity contribution in [3.05, 3.63) is 86.3 Å². The number of nitrogens with zero attached hydrogens (tertiary/aromatic N) is 2. The minimum atomic E-state index is -0.506. The summed E-state index contributed by atoms with van der Waals surface area (Å²) >= 11 is 1.31. The highest BCUT2D eigenvalue weighted by atomic mass is 32.1. The van der Waals surface area contributed by atoms with Crippen molar-refractivity contribution in [3.63, 3.8) is 0 Å².